The molecule has 0 saturated heterocycles. The first kappa shape index (κ1) is 18.7. The zero-order valence-corrected chi connectivity index (χ0v) is 17.9. The fourth-order valence-electron chi connectivity index (χ4n) is 3.92. The Hall–Kier alpha value is -4.09. The molecule has 0 aliphatic rings. The Morgan fingerprint density at radius 2 is 1.41 bits per heavy atom. The number of hydrogen-bond acceptors (Lipinski definition) is 5. The van der Waals surface area contributed by atoms with Crippen molar-refractivity contribution in [2.24, 2.45) is 0 Å². The van der Waals surface area contributed by atoms with Gasteiger partial charge in [0.05, 0.1) is 21.6 Å². The number of benzene rings is 2. The molecule has 0 bridgehead atoms. The average molecular weight is 431 g/mol. The normalized spacial score (nSPS) is 11.1. The number of rotatable bonds is 4. The van der Waals surface area contributed by atoms with Gasteiger partial charge in [-0.15, -0.1) is 11.3 Å². The van der Waals surface area contributed by atoms with Crippen molar-refractivity contribution in [2.75, 3.05) is 5.32 Å². The van der Waals surface area contributed by atoms with Crippen LogP contribution in [0, 0.1) is 0 Å². The maximum atomic E-state index is 5.05. The van der Waals surface area contributed by atoms with E-state index in [-0.39, 0.29) is 0 Å². The lowest BCUT2D eigenvalue weighted by Crippen LogP contribution is -1.99. The van der Waals surface area contributed by atoms with Crippen LogP contribution in [0.2, 0.25) is 0 Å². The Morgan fingerprint density at radius 3 is 2.34 bits per heavy atom. The maximum Gasteiger partial charge on any atom is 0.139 e. The first-order chi connectivity index (χ1) is 15.9. The lowest BCUT2D eigenvalue weighted by molar-refractivity contribution is 1.27. The molecular weight excluding hydrogens is 412 g/mol. The van der Waals surface area contributed by atoms with E-state index in [1.54, 1.807) is 23.7 Å². The van der Waals surface area contributed by atoms with E-state index in [9.17, 15) is 0 Å². The van der Waals surface area contributed by atoms with Gasteiger partial charge in [0.2, 0.25) is 0 Å². The molecule has 4 nitrogen and oxygen atoms in total. The van der Waals surface area contributed by atoms with Crippen LogP contribution in [-0.4, -0.2) is 15.0 Å². The summed E-state index contributed by atoms with van der Waals surface area (Å²) in [5, 5.41) is 4.72. The van der Waals surface area contributed by atoms with Crippen LogP contribution in [0.25, 0.3) is 42.8 Å². The number of nitrogens with zero attached hydrogens (tertiary/aromatic N) is 3. The monoisotopic (exact) mass is 430 g/mol. The molecule has 0 radical (unpaired) electrons. The van der Waals surface area contributed by atoms with Gasteiger partial charge in [-0.2, -0.15) is 0 Å². The van der Waals surface area contributed by atoms with Crippen LogP contribution in [0.1, 0.15) is 0 Å². The van der Waals surface area contributed by atoms with E-state index >= 15 is 0 Å². The molecule has 152 valence electrons. The van der Waals surface area contributed by atoms with Crippen LogP contribution in [0.4, 0.5) is 11.5 Å². The molecule has 0 saturated carbocycles. The van der Waals surface area contributed by atoms with Crippen LogP contribution < -0.4 is 5.32 Å². The van der Waals surface area contributed by atoms with Crippen molar-refractivity contribution in [3.05, 3.63) is 103 Å². The summed E-state index contributed by atoms with van der Waals surface area (Å²) in [5.41, 5.74) is 5.79. The van der Waals surface area contributed by atoms with Gasteiger partial charge in [0.15, 0.2) is 0 Å². The van der Waals surface area contributed by atoms with Crippen LogP contribution in [0.3, 0.4) is 0 Å². The Labute approximate surface area is 189 Å². The Bertz CT molecular complexity index is 1560. The number of aromatic nitrogens is 3. The van der Waals surface area contributed by atoms with Gasteiger partial charge in [0.25, 0.3) is 0 Å². The van der Waals surface area contributed by atoms with Crippen molar-refractivity contribution in [3.63, 3.8) is 0 Å². The summed E-state index contributed by atoms with van der Waals surface area (Å²) in [7, 11) is 0. The minimum atomic E-state index is 0.765. The van der Waals surface area contributed by atoms with Gasteiger partial charge >= 0.3 is 0 Å². The molecular formula is C27H18N4S. The molecule has 0 spiro atoms. The third-order valence-corrected chi connectivity index (χ3v) is 6.55. The Kier molecular flexibility index (Phi) is 4.59. The summed E-state index contributed by atoms with van der Waals surface area (Å²) in [5.74, 6) is 0.765. The van der Waals surface area contributed by atoms with Gasteiger partial charge in [0, 0.05) is 39.3 Å². The number of hydrogen-bond donors (Lipinski definition) is 1. The Balaban J connectivity index is 1.45. The number of pyridine rings is 3. The fourth-order valence-corrected chi connectivity index (χ4v) is 4.96. The smallest absolute Gasteiger partial charge is 0.139 e. The highest BCUT2D eigenvalue weighted by atomic mass is 32.1. The van der Waals surface area contributed by atoms with E-state index in [0.717, 1.165) is 39.5 Å². The molecule has 4 heterocycles. The second-order valence-electron chi connectivity index (χ2n) is 7.43. The number of thiophene rings is 1. The predicted molar refractivity (Wildman–Crippen MR) is 133 cm³/mol. The Morgan fingerprint density at radius 1 is 0.594 bits per heavy atom. The van der Waals surface area contributed by atoms with Gasteiger partial charge in [-0.05, 0) is 48.5 Å². The lowest BCUT2D eigenvalue weighted by atomic mass is 10.1. The summed E-state index contributed by atoms with van der Waals surface area (Å²) < 4.78 is 2.45. The fraction of sp³-hybridized carbons (Fsp3) is 0. The molecule has 2 aromatic carbocycles. The molecule has 4 aromatic heterocycles. The first-order valence-electron chi connectivity index (χ1n) is 10.4. The molecule has 6 aromatic rings. The van der Waals surface area contributed by atoms with Crippen LogP contribution in [-0.2, 0) is 0 Å². The van der Waals surface area contributed by atoms with E-state index in [1.165, 1.54) is 14.8 Å². The standard InChI is InChI=1S/C27H18N4S/c1-3-12-22(31-27-19(10-7-17-29-27)21-11-5-6-16-28-21)18(8-1)23-14-15-25-26(30-23)20-9-2-4-13-24(20)32-25/h1-17H,(H,29,31). The highest BCUT2D eigenvalue weighted by Crippen LogP contribution is 2.36. The third kappa shape index (κ3) is 3.29. The van der Waals surface area contributed by atoms with Gasteiger partial charge in [0.1, 0.15) is 5.82 Å². The van der Waals surface area contributed by atoms with E-state index in [0.29, 0.717) is 0 Å². The largest absolute Gasteiger partial charge is 0.339 e. The van der Waals surface area contributed by atoms with Crippen molar-refractivity contribution >= 4 is 43.1 Å². The number of para-hydroxylation sites is 1. The molecule has 0 unspecified atom stereocenters. The quantitative estimate of drug-likeness (QED) is 0.318. The second kappa shape index (κ2) is 7.87. The molecule has 6 rings (SSSR count). The third-order valence-electron chi connectivity index (χ3n) is 5.42. The summed E-state index contributed by atoms with van der Waals surface area (Å²) in [6.45, 7) is 0. The van der Waals surface area contributed by atoms with Gasteiger partial charge in [-0.1, -0.05) is 42.5 Å². The number of anilines is 2. The second-order valence-corrected chi connectivity index (χ2v) is 8.51. The molecule has 0 aliphatic carbocycles. The predicted octanol–water partition coefficient (Wildman–Crippen LogP) is 7.32. The van der Waals surface area contributed by atoms with Crippen molar-refractivity contribution in [2.45, 2.75) is 0 Å². The maximum absolute atomic E-state index is 5.05. The summed E-state index contributed by atoms with van der Waals surface area (Å²) in [6.07, 6.45) is 3.59. The molecule has 0 atom stereocenters. The minimum absolute atomic E-state index is 0.765. The van der Waals surface area contributed by atoms with Crippen molar-refractivity contribution in [1.29, 1.82) is 0 Å². The summed E-state index contributed by atoms with van der Waals surface area (Å²) in [4.78, 5) is 14.1. The van der Waals surface area contributed by atoms with Crippen LogP contribution >= 0.6 is 11.3 Å². The average Bonchev–Trinajstić information content (AvgIpc) is 3.23. The highest BCUT2D eigenvalue weighted by Gasteiger charge is 2.13. The first-order valence-corrected chi connectivity index (χ1v) is 11.2. The van der Waals surface area contributed by atoms with Gasteiger partial charge in [-0.3, -0.25) is 4.98 Å². The van der Waals surface area contributed by atoms with E-state index in [4.69, 9.17) is 4.98 Å². The SMILES string of the molecule is c1ccc(-c2cccnc2Nc2ccccc2-c2ccc3sc4ccccc4c3n2)nc1. The zero-order chi connectivity index (χ0) is 21.3. The molecule has 5 heteroatoms. The van der Waals surface area contributed by atoms with Gasteiger partial charge in [-0.25, -0.2) is 9.97 Å². The zero-order valence-electron chi connectivity index (χ0n) is 17.1. The lowest BCUT2D eigenvalue weighted by Gasteiger charge is -2.14. The van der Waals surface area contributed by atoms with E-state index in [1.807, 2.05) is 42.5 Å². The number of nitrogens with one attached hydrogen (secondary N) is 1. The van der Waals surface area contributed by atoms with Crippen molar-refractivity contribution < 1.29 is 0 Å². The van der Waals surface area contributed by atoms with Crippen molar-refractivity contribution in [3.8, 4) is 22.5 Å². The molecule has 0 aliphatic heterocycles. The summed E-state index contributed by atoms with van der Waals surface area (Å²) in [6, 6.07) is 30.8. The number of fused-ring (bicyclic) bond motifs is 3. The highest BCUT2D eigenvalue weighted by molar-refractivity contribution is 7.25. The van der Waals surface area contributed by atoms with E-state index < -0.39 is 0 Å². The minimum Gasteiger partial charge on any atom is -0.339 e. The molecule has 0 amide bonds. The van der Waals surface area contributed by atoms with Crippen LogP contribution in [0.5, 0.6) is 0 Å². The van der Waals surface area contributed by atoms with Gasteiger partial charge < -0.3 is 5.32 Å². The molecule has 0 fully saturated rings. The summed E-state index contributed by atoms with van der Waals surface area (Å²) >= 11 is 1.78. The van der Waals surface area contributed by atoms with Crippen molar-refractivity contribution in [1.82, 2.24) is 15.0 Å². The molecule has 1 N–H and O–H groups in total. The van der Waals surface area contributed by atoms with E-state index in [2.05, 4.69) is 63.8 Å². The topological polar surface area (TPSA) is 50.7 Å². The van der Waals surface area contributed by atoms with Crippen LogP contribution in [0.15, 0.2) is 103 Å². The molecule has 32 heavy (non-hydrogen) atoms.